The number of sulfonamides is 1. The van der Waals surface area contributed by atoms with Gasteiger partial charge in [0, 0.05) is 6.04 Å². The van der Waals surface area contributed by atoms with Gasteiger partial charge < -0.3 is 5.11 Å². The number of benzene rings is 1. The smallest absolute Gasteiger partial charge is 0.242 e. The number of nitrogens with one attached hydrogen (secondary N) is 1. The van der Waals surface area contributed by atoms with Gasteiger partial charge >= 0.3 is 0 Å². The van der Waals surface area contributed by atoms with Gasteiger partial charge in [0.25, 0.3) is 0 Å². The van der Waals surface area contributed by atoms with Crippen molar-refractivity contribution in [2.24, 2.45) is 0 Å². The molecule has 1 aliphatic rings. The third-order valence-electron chi connectivity index (χ3n) is 2.79. The van der Waals surface area contributed by atoms with E-state index in [0.717, 1.165) is 0 Å². The van der Waals surface area contributed by atoms with E-state index in [-0.39, 0.29) is 16.0 Å². The van der Waals surface area contributed by atoms with E-state index in [2.05, 4.69) is 4.72 Å². The van der Waals surface area contributed by atoms with Gasteiger partial charge in [-0.3, -0.25) is 0 Å². The van der Waals surface area contributed by atoms with E-state index in [1.807, 2.05) is 6.07 Å². The predicted octanol–water partition coefficient (Wildman–Crippen LogP) is 1.01. The Labute approximate surface area is 110 Å². The van der Waals surface area contributed by atoms with E-state index in [1.54, 1.807) is 0 Å². The normalized spacial score (nSPS) is 23.2. The van der Waals surface area contributed by atoms with Gasteiger partial charge in [0.15, 0.2) is 0 Å². The zero-order valence-corrected chi connectivity index (χ0v) is 10.9. The highest BCUT2D eigenvalue weighted by atomic mass is 35.5. The molecule has 1 aromatic carbocycles. The second-order valence-electron chi connectivity index (χ2n) is 4.20. The van der Waals surface area contributed by atoms with Crippen LogP contribution >= 0.6 is 11.6 Å². The first-order chi connectivity index (χ1) is 8.42. The van der Waals surface area contributed by atoms with Crippen molar-refractivity contribution < 1.29 is 13.5 Å². The minimum absolute atomic E-state index is 0.0152. The van der Waals surface area contributed by atoms with Crippen LogP contribution in [0.1, 0.15) is 18.4 Å². The third kappa shape index (κ3) is 2.65. The number of nitrogens with zero attached hydrogens (tertiary/aromatic N) is 1. The summed E-state index contributed by atoms with van der Waals surface area (Å²) in [5.41, 5.74) is 0.304. The van der Waals surface area contributed by atoms with E-state index in [9.17, 15) is 8.42 Å². The molecule has 7 heteroatoms. The Kier molecular flexibility index (Phi) is 3.59. The Bertz CT molecular complexity index is 603. The lowest BCUT2D eigenvalue weighted by Crippen LogP contribution is -2.46. The van der Waals surface area contributed by atoms with Crippen molar-refractivity contribution in [3.63, 3.8) is 0 Å². The summed E-state index contributed by atoms with van der Waals surface area (Å²) in [4.78, 5) is -0.0513. The van der Waals surface area contributed by atoms with Crippen LogP contribution in [0.25, 0.3) is 0 Å². The Morgan fingerprint density at radius 1 is 1.44 bits per heavy atom. The summed E-state index contributed by atoms with van der Waals surface area (Å²) in [7, 11) is -3.70. The second-order valence-corrected chi connectivity index (χ2v) is 6.29. The third-order valence-corrected chi connectivity index (χ3v) is 4.79. The molecule has 0 spiro atoms. The molecular formula is C11H11ClN2O3S. The average Bonchev–Trinajstić information content (AvgIpc) is 2.26. The Morgan fingerprint density at radius 3 is 2.61 bits per heavy atom. The van der Waals surface area contributed by atoms with Crippen LogP contribution in [0, 0.1) is 11.3 Å². The molecule has 2 rings (SSSR count). The summed E-state index contributed by atoms with van der Waals surface area (Å²) in [5, 5.41) is 17.8. The summed E-state index contributed by atoms with van der Waals surface area (Å²) in [5.74, 6) is 0. The molecule has 96 valence electrons. The Balaban J connectivity index is 2.22. The largest absolute Gasteiger partial charge is 0.393 e. The molecule has 0 aliphatic heterocycles. The second kappa shape index (κ2) is 4.86. The SMILES string of the molecule is N#Cc1ccc(S(=O)(=O)NC2CC(O)C2)c(Cl)c1. The van der Waals surface area contributed by atoms with Crippen LogP contribution in [-0.4, -0.2) is 25.7 Å². The lowest BCUT2D eigenvalue weighted by molar-refractivity contribution is 0.0712. The van der Waals surface area contributed by atoms with Crippen molar-refractivity contribution in [1.82, 2.24) is 4.72 Å². The molecule has 5 nitrogen and oxygen atoms in total. The molecule has 0 unspecified atom stereocenters. The fraction of sp³-hybridized carbons (Fsp3) is 0.364. The predicted molar refractivity (Wildman–Crippen MR) is 65.5 cm³/mol. The molecule has 18 heavy (non-hydrogen) atoms. The average molecular weight is 287 g/mol. The number of halogens is 1. The first-order valence-corrected chi connectivity index (χ1v) is 7.18. The first kappa shape index (κ1) is 13.3. The van der Waals surface area contributed by atoms with E-state index in [4.69, 9.17) is 22.0 Å². The summed E-state index contributed by atoms with van der Waals surface area (Å²) < 4.78 is 26.5. The summed E-state index contributed by atoms with van der Waals surface area (Å²) in [6.45, 7) is 0. The van der Waals surface area contributed by atoms with Crippen molar-refractivity contribution >= 4 is 21.6 Å². The van der Waals surface area contributed by atoms with Crippen LogP contribution in [0.3, 0.4) is 0 Å². The highest BCUT2D eigenvalue weighted by Crippen LogP contribution is 2.26. The van der Waals surface area contributed by atoms with Crippen molar-refractivity contribution in [1.29, 1.82) is 5.26 Å². The lowest BCUT2D eigenvalue weighted by atomic mass is 9.91. The molecule has 0 aromatic heterocycles. The van der Waals surface area contributed by atoms with Gasteiger partial charge in [-0.1, -0.05) is 11.6 Å². The van der Waals surface area contributed by atoms with Crippen LogP contribution in [0.4, 0.5) is 0 Å². The number of hydrogen-bond donors (Lipinski definition) is 2. The maximum Gasteiger partial charge on any atom is 0.242 e. The zero-order chi connectivity index (χ0) is 13.3. The van der Waals surface area contributed by atoms with Crippen molar-refractivity contribution in [2.45, 2.75) is 29.9 Å². The number of rotatable bonds is 3. The van der Waals surface area contributed by atoms with Crippen LogP contribution in [-0.2, 0) is 10.0 Å². The molecule has 1 saturated carbocycles. The van der Waals surface area contributed by atoms with Crippen molar-refractivity contribution in [3.8, 4) is 6.07 Å². The molecule has 0 radical (unpaired) electrons. The van der Waals surface area contributed by atoms with E-state index >= 15 is 0 Å². The van der Waals surface area contributed by atoms with Gasteiger partial charge in [0.2, 0.25) is 10.0 Å². The van der Waals surface area contributed by atoms with Gasteiger partial charge in [-0.15, -0.1) is 0 Å². The van der Waals surface area contributed by atoms with Gasteiger partial charge in [0.1, 0.15) is 4.90 Å². The van der Waals surface area contributed by atoms with Crippen LogP contribution in [0.5, 0.6) is 0 Å². The fourth-order valence-electron chi connectivity index (χ4n) is 1.76. The monoisotopic (exact) mass is 286 g/mol. The number of nitriles is 1. The molecule has 2 N–H and O–H groups in total. The quantitative estimate of drug-likeness (QED) is 0.868. The maximum absolute atomic E-state index is 12.0. The molecule has 0 saturated heterocycles. The van der Waals surface area contributed by atoms with E-state index < -0.39 is 16.1 Å². The zero-order valence-electron chi connectivity index (χ0n) is 9.30. The van der Waals surface area contributed by atoms with Gasteiger partial charge in [-0.05, 0) is 31.0 Å². The van der Waals surface area contributed by atoms with Crippen molar-refractivity contribution in [2.75, 3.05) is 0 Å². The van der Waals surface area contributed by atoms with Gasteiger partial charge in [-0.25, -0.2) is 13.1 Å². The minimum atomic E-state index is -3.70. The number of aliphatic hydroxyl groups is 1. The van der Waals surface area contributed by atoms with Gasteiger partial charge in [0.05, 0.1) is 22.8 Å². The molecule has 0 atom stereocenters. The van der Waals surface area contributed by atoms with Crippen LogP contribution < -0.4 is 4.72 Å². The standard InChI is InChI=1S/C11H11ClN2O3S/c12-10-3-7(6-13)1-2-11(10)18(16,17)14-8-4-9(15)5-8/h1-3,8-9,14-15H,4-5H2. The van der Waals surface area contributed by atoms with Crippen LogP contribution in [0.15, 0.2) is 23.1 Å². The molecule has 1 fully saturated rings. The van der Waals surface area contributed by atoms with E-state index in [0.29, 0.717) is 18.4 Å². The summed E-state index contributed by atoms with van der Waals surface area (Å²) in [6.07, 6.45) is 0.384. The molecule has 1 aliphatic carbocycles. The molecule has 0 bridgehead atoms. The number of hydrogen-bond acceptors (Lipinski definition) is 4. The maximum atomic E-state index is 12.0. The number of aliphatic hydroxyl groups excluding tert-OH is 1. The topological polar surface area (TPSA) is 90.2 Å². The minimum Gasteiger partial charge on any atom is -0.393 e. The highest BCUT2D eigenvalue weighted by Gasteiger charge is 2.32. The molecule has 1 aromatic rings. The summed E-state index contributed by atoms with van der Waals surface area (Å²) in [6, 6.07) is 5.64. The van der Waals surface area contributed by atoms with Gasteiger partial charge in [-0.2, -0.15) is 5.26 Å². The molecule has 0 heterocycles. The summed E-state index contributed by atoms with van der Waals surface area (Å²) >= 11 is 5.85. The fourth-order valence-corrected chi connectivity index (χ4v) is 3.56. The molecular weight excluding hydrogens is 276 g/mol. The Hall–Kier alpha value is -1.13. The molecule has 0 amide bonds. The van der Waals surface area contributed by atoms with E-state index in [1.165, 1.54) is 18.2 Å². The van der Waals surface area contributed by atoms with Crippen LogP contribution in [0.2, 0.25) is 5.02 Å². The lowest BCUT2D eigenvalue weighted by Gasteiger charge is -2.31. The Morgan fingerprint density at radius 2 is 2.11 bits per heavy atom. The first-order valence-electron chi connectivity index (χ1n) is 5.32. The highest BCUT2D eigenvalue weighted by molar-refractivity contribution is 7.89. The van der Waals surface area contributed by atoms with Crippen molar-refractivity contribution in [3.05, 3.63) is 28.8 Å².